The van der Waals surface area contributed by atoms with E-state index >= 15 is 0 Å². The lowest BCUT2D eigenvalue weighted by Crippen LogP contribution is -2.43. The van der Waals surface area contributed by atoms with Gasteiger partial charge < -0.3 is 0 Å². The van der Waals surface area contributed by atoms with Crippen molar-refractivity contribution >= 4 is 16.7 Å². The van der Waals surface area contributed by atoms with E-state index in [4.69, 9.17) is 0 Å². The maximum Gasteiger partial charge on any atom is 0.409 e. The molecule has 1 saturated heterocycles. The first kappa shape index (κ1) is 22.6. The highest BCUT2D eigenvalue weighted by atomic mass is 19.4. The fraction of sp³-hybridized carbons (Fsp3) is 0.542. The number of halogens is 3. The molecule has 3 rings (SSSR count). The molecule has 0 aliphatic carbocycles. The number of rotatable bonds is 8. The molecule has 164 valence electrons. The summed E-state index contributed by atoms with van der Waals surface area (Å²) in [7, 11) is 0. The largest absolute Gasteiger partial charge is 0.409 e. The molecule has 1 N–H and O–H groups in total. The van der Waals surface area contributed by atoms with Crippen LogP contribution in [-0.4, -0.2) is 23.6 Å². The first-order valence-corrected chi connectivity index (χ1v) is 10.8. The zero-order valence-electron chi connectivity index (χ0n) is 18.0. The summed E-state index contributed by atoms with van der Waals surface area (Å²) in [5, 5.41) is 2.53. The van der Waals surface area contributed by atoms with Gasteiger partial charge in [0.1, 0.15) is 0 Å². The zero-order chi connectivity index (χ0) is 21.9. The molecule has 1 atom stereocenters. The Morgan fingerprint density at radius 1 is 1.07 bits per heavy atom. The van der Waals surface area contributed by atoms with Crippen molar-refractivity contribution in [2.24, 2.45) is 5.41 Å². The van der Waals surface area contributed by atoms with Crippen LogP contribution >= 0.6 is 0 Å². The van der Waals surface area contributed by atoms with Crippen LogP contribution in [0.2, 0.25) is 0 Å². The van der Waals surface area contributed by atoms with E-state index in [0.717, 1.165) is 48.1 Å². The highest BCUT2D eigenvalue weighted by Gasteiger charge is 2.51. The third-order valence-electron chi connectivity index (χ3n) is 5.91. The molecular weight excluding hydrogens is 389 g/mol. The number of hydrogen-bond acceptors (Lipinski definition) is 2. The summed E-state index contributed by atoms with van der Waals surface area (Å²) in [6, 6.07) is 8.91. The van der Waals surface area contributed by atoms with E-state index in [1.165, 1.54) is 6.42 Å². The molecule has 2 aromatic carbocycles. The zero-order valence-corrected chi connectivity index (χ0v) is 18.0. The number of hydrogen-bond donors (Lipinski definition) is 1. The third-order valence-corrected chi connectivity index (χ3v) is 5.91. The van der Waals surface area contributed by atoms with Crippen molar-refractivity contribution in [2.75, 3.05) is 6.54 Å². The van der Waals surface area contributed by atoms with Gasteiger partial charge in [0, 0.05) is 6.54 Å². The molecule has 0 unspecified atom stereocenters. The van der Waals surface area contributed by atoms with Crippen molar-refractivity contribution in [3.63, 3.8) is 0 Å². The Balaban J connectivity index is 2.01. The van der Waals surface area contributed by atoms with Crippen molar-refractivity contribution in [2.45, 2.75) is 71.5 Å². The van der Waals surface area contributed by atoms with Crippen molar-refractivity contribution in [1.29, 1.82) is 0 Å². The number of aryl methyl sites for hydroxylation is 1. The van der Waals surface area contributed by atoms with Crippen molar-refractivity contribution in [3.05, 3.63) is 47.5 Å². The van der Waals surface area contributed by atoms with E-state index in [1.54, 1.807) is 26.0 Å². The molecule has 30 heavy (non-hydrogen) atoms. The van der Waals surface area contributed by atoms with E-state index in [2.05, 4.69) is 12.3 Å². The van der Waals surface area contributed by atoms with Crippen LogP contribution in [0, 0.1) is 5.41 Å². The first-order chi connectivity index (χ1) is 14.1. The van der Waals surface area contributed by atoms with Crippen LogP contribution in [0.25, 0.3) is 10.8 Å². The molecule has 6 heteroatoms. The van der Waals surface area contributed by atoms with Crippen LogP contribution in [0.15, 0.2) is 36.4 Å². The molecule has 0 spiro atoms. The second-order valence-corrected chi connectivity index (χ2v) is 8.92. The number of benzene rings is 2. The van der Waals surface area contributed by atoms with Gasteiger partial charge in [-0.1, -0.05) is 69.0 Å². The molecule has 1 heterocycles. The van der Waals surface area contributed by atoms with Gasteiger partial charge in [0.05, 0.1) is 5.41 Å². The van der Waals surface area contributed by atoms with Crippen molar-refractivity contribution in [1.82, 2.24) is 10.4 Å². The maximum atomic E-state index is 14.3. The Labute approximate surface area is 176 Å². The van der Waals surface area contributed by atoms with Crippen LogP contribution in [0.3, 0.4) is 0 Å². The van der Waals surface area contributed by atoms with Crippen LogP contribution in [-0.2, 0) is 11.2 Å². The number of carbonyl (C=O) groups is 1. The molecule has 3 nitrogen and oxygen atoms in total. The van der Waals surface area contributed by atoms with Crippen molar-refractivity contribution in [3.8, 4) is 0 Å². The molecule has 0 aromatic heterocycles. The monoisotopic (exact) mass is 420 g/mol. The average Bonchev–Trinajstić information content (AvgIpc) is 2.92. The van der Waals surface area contributed by atoms with Gasteiger partial charge in [-0.05, 0) is 48.6 Å². The Kier molecular flexibility index (Phi) is 6.75. The van der Waals surface area contributed by atoms with Gasteiger partial charge in [-0.25, -0.2) is 5.01 Å². The lowest BCUT2D eigenvalue weighted by Gasteiger charge is -2.31. The minimum atomic E-state index is -4.52. The molecule has 1 fully saturated rings. The lowest BCUT2D eigenvalue weighted by atomic mass is 9.90. The second kappa shape index (κ2) is 8.96. The number of unbranched alkanes of at least 4 members (excludes halogenated alkanes) is 4. The minimum absolute atomic E-state index is 0.00554. The Morgan fingerprint density at radius 3 is 2.33 bits per heavy atom. The summed E-state index contributed by atoms with van der Waals surface area (Å²) >= 11 is 0. The summed E-state index contributed by atoms with van der Waals surface area (Å²) in [6.07, 6.45) is 1.75. The average molecular weight is 421 g/mol. The predicted octanol–water partition coefficient (Wildman–Crippen LogP) is 6.33. The van der Waals surface area contributed by atoms with Crippen LogP contribution in [0.1, 0.15) is 70.0 Å². The quantitative estimate of drug-likeness (QED) is 0.506. The lowest BCUT2D eigenvalue weighted by molar-refractivity contribution is -0.191. The van der Waals surface area contributed by atoms with Crippen LogP contribution in [0.5, 0.6) is 0 Å². The molecule has 0 radical (unpaired) electrons. The molecule has 0 bridgehead atoms. The van der Waals surface area contributed by atoms with E-state index in [9.17, 15) is 18.0 Å². The summed E-state index contributed by atoms with van der Waals surface area (Å²) in [5.41, 5.74) is 2.76. The number of nitrogens with one attached hydrogen (secondary N) is 1. The number of amides is 1. The van der Waals surface area contributed by atoms with Gasteiger partial charge in [-0.15, -0.1) is 0 Å². The highest BCUT2D eigenvalue weighted by molar-refractivity contribution is 5.90. The number of nitrogens with zero attached hydrogens (tertiary/aromatic N) is 1. The molecule has 0 saturated carbocycles. The van der Waals surface area contributed by atoms with Gasteiger partial charge in [0.2, 0.25) is 5.91 Å². The Hall–Kier alpha value is -2.08. The van der Waals surface area contributed by atoms with Gasteiger partial charge in [0.15, 0.2) is 6.04 Å². The van der Waals surface area contributed by atoms with E-state index in [1.807, 2.05) is 24.3 Å². The predicted molar refractivity (Wildman–Crippen MR) is 114 cm³/mol. The molecule has 1 amide bonds. The first-order valence-electron chi connectivity index (χ1n) is 10.8. The molecule has 1 aliphatic heterocycles. The summed E-state index contributed by atoms with van der Waals surface area (Å²) in [5.74, 6) is -0.381. The Morgan fingerprint density at radius 2 is 1.73 bits per heavy atom. The smallest absolute Gasteiger partial charge is 0.287 e. The van der Waals surface area contributed by atoms with Gasteiger partial charge in [-0.3, -0.25) is 10.2 Å². The minimum Gasteiger partial charge on any atom is -0.287 e. The standard InChI is InChI=1S/C24H31F3N2O/c1-4-5-6-7-8-11-17-12-9-13-18-14-10-15-19(20(17)18)21(24(25,26)27)29-16-23(2,3)22(30)28-29/h9-10,12-15,21H,4-8,11,16H2,1-3H3,(H,28,30)/t21-/m0/s1. The van der Waals surface area contributed by atoms with E-state index in [-0.39, 0.29) is 18.0 Å². The molecule has 1 aliphatic rings. The topological polar surface area (TPSA) is 32.3 Å². The van der Waals surface area contributed by atoms with Gasteiger partial charge in [0.25, 0.3) is 0 Å². The second-order valence-electron chi connectivity index (χ2n) is 8.92. The van der Waals surface area contributed by atoms with Crippen molar-refractivity contribution < 1.29 is 18.0 Å². The third kappa shape index (κ3) is 4.80. The number of hydrazine groups is 1. The van der Waals surface area contributed by atoms with E-state index in [0.29, 0.717) is 5.39 Å². The van der Waals surface area contributed by atoms with Gasteiger partial charge in [-0.2, -0.15) is 13.2 Å². The SMILES string of the molecule is CCCCCCCc1cccc2cccc([C@H](N3CC(C)(C)C(=O)N3)C(F)(F)F)c12. The number of fused-ring (bicyclic) bond motifs is 1. The number of alkyl halides is 3. The molecular formula is C24H31F3N2O. The highest BCUT2D eigenvalue weighted by Crippen LogP contribution is 2.43. The van der Waals surface area contributed by atoms with Crippen LogP contribution in [0.4, 0.5) is 13.2 Å². The van der Waals surface area contributed by atoms with Gasteiger partial charge >= 0.3 is 6.18 Å². The summed E-state index contributed by atoms with van der Waals surface area (Å²) < 4.78 is 42.9. The normalized spacial score (nSPS) is 18.0. The van der Waals surface area contributed by atoms with E-state index < -0.39 is 17.6 Å². The molecule has 2 aromatic rings. The fourth-order valence-electron chi connectivity index (χ4n) is 4.30. The number of carbonyl (C=O) groups excluding carboxylic acids is 1. The fourth-order valence-corrected chi connectivity index (χ4v) is 4.30. The summed E-state index contributed by atoms with van der Waals surface area (Å²) in [4.78, 5) is 12.2. The maximum absolute atomic E-state index is 14.3. The summed E-state index contributed by atoms with van der Waals surface area (Å²) in [6.45, 7) is 5.50. The Bertz CT molecular complexity index is 886. The van der Waals surface area contributed by atoms with Crippen LogP contribution < -0.4 is 5.43 Å².